The molecule has 2 N–H and O–H groups in total. The molecule has 2 aromatic rings. The average Bonchev–Trinajstić information content (AvgIpc) is 2.40. The van der Waals surface area contributed by atoms with Crippen LogP contribution < -0.4 is 9.44 Å². The normalized spacial score (nSPS) is 15.8. The zero-order chi connectivity index (χ0) is 11.9. The Bertz CT molecular complexity index is 627. The highest BCUT2D eigenvalue weighted by Crippen LogP contribution is 2.36. The second kappa shape index (κ2) is 3.49. The van der Waals surface area contributed by atoms with E-state index in [4.69, 9.17) is 0 Å². The van der Waals surface area contributed by atoms with Gasteiger partial charge < -0.3 is 0 Å². The monoisotopic (exact) mass is 246 g/mol. The largest absolute Gasteiger partial charge is 0.321 e. The molecule has 0 saturated heterocycles. The van der Waals surface area contributed by atoms with Crippen LogP contribution in [-0.4, -0.2) is 8.42 Å². The number of anilines is 2. The lowest BCUT2D eigenvalue weighted by Crippen LogP contribution is -2.20. The summed E-state index contributed by atoms with van der Waals surface area (Å²) in [4.78, 5) is 0. The quantitative estimate of drug-likeness (QED) is 0.750. The van der Waals surface area contributed by atoms with Gasteiger partial charge in [0.25, 0.3) is 0 Å². The molecule has 1 aliphatic heterocycles. The summed E-state index contributed by atoms with van der Waals surface area (Å²) in [6.07, 6.45) is 0. The maximum Gasteiger partial charge on any atom is 0.321 e. The van der Waals surface area contributed by atoms with Crippen molar-refractivity contribution in [3.63, 3.8) is 0 Å². The maximum absolute atomic E-state index is 11.8. The van der Waals surface area contributed by atoms with Gasteiger partial charge in [-0.05, 0) is 12.1 Å². The van der Waals surface area contributed by atoms with Crippen molar-refractivity contribution in [3.8, 4) is 11.1 Å². The summed E-state index contributed by atoms with van der Waals surface area (Å²) in [6, 6.07) is 14.6. The molecule has 0 bridgehead atoms. The third-order valence-electron chi connectivity index (χ3n) is 2.63. The van der Waals surface area contributed by atoms with E-state index in [1.54, 1.807) is 24.3 Å². The Morgan fingerprint density at radius 3 is 1.59 bits per heavy atom. The van der Waals surface area contributed by atoms with Crippen molar-refractivity contribution in [3.05, 3.63) is 48.5 Å². The van der Waals surface area contributed by atoms with Gasteiger partial charge in [0.2, 0.25) is 0 Å². The van der Waals surface area contributed by atoms with Gasteiger partial charge in [0.05, 0.1) is 11.4 Å². The Labute approximate surface area is 99.5 Å². The topological polar surface area (TPSA) is 58.2 Å². The third-order valence-corrected chi connectivity index (χ3v) is 3.61. The fraction of sp³-hybridized carbons (Fsp3) is 0. The van der Waals surface area contributed by atoms with Crippen LogP contribution in [-0.2, 0) is 10.2 Å². The predicted octanol–water partition coefficient (Wildman–Crippen LogP) is 2.44. The Kier molecular flexibility index (Phi) is 2.09. The second-order valence-corrected chi connectivity index (χ2v) is 5.21. The van der Waals surface area contributed by atoms with Crippen LogP contribution in [0.15, 0.2) is 48.5 Å². The van der Waals surface area contributed by atoms with Gasteiger partial charge >= 0.3 is 10.2 Å². The molecule has 0 amide bonds. The van der Waals surface area contributed by atoms with Crippen molar-refractivity contribution >= 4 is 21.6 Å². The zero-order valence-electron chi connectivity index (χ0n) is 8.84. The van der Waals surface area contributed by atoms with Crippen LogP contribution in [0.2, 0.25) is 0 Å². The molecule has 86 valence electrons. The van der Waals surface area contributed by atoms with Gasteiger partial charge in [-0.15, -0.1) is 0 Å². The van der Waals surface area contributed by atoms with Crippen LogP contribution in [0.4, 0.5) is 11.4 Å². The number of para-hydroxylation sites is 2. The van der Waals surface area contributed by atoms with E-state index < -0.39 is 10.2 Å². The van der Waals surface area contributed by atoms with Crippen molar-refractivity contribution in [2.45, 2.75) is 0 Å². The number of rotatable bonds is 0. The summed E-state index contributed by atoms with van der Waals surface area (Å²) in [5.74, 6) is 0. The summed E-state index contributed by atoms with van der Waals surface area (Å²) in [7, 11) is -3.55. The van der Waals surface area contributed by atoms with Crippen molar-refractivity contribution in [1.29, 1.82) is 0 Å². The third kappa shape index (κ3) is 1.74. The summed E-state index contributed by atoms with van der Waals surface area (Å²) in [6.45, 7) is 0. The van der Waals surface area contributed by atoms with Gasteiger partial charge in [-0.3, -0.25) is 9.44 Å². The van der Waals surface area contributed by atoms with Crippen molar-refractivity contribution < 1.29 is 8.42 Å². The van der Waals surface area contributed by atoms with Crippen molar-refractivity contribution in [1.82, 2.24) is 0 Å². The highest BCUT2D eigenvalue weighted by Gasteiger charge is 2.20. The first-order valence-corrected chi connectivity index (χ1v) is 6.63. The van der Waals surface area contributed by atoms with E-state index in [1.807, 2.05) is 24.3 Å². The van der Waals surface area contributed by atoms with Gasteiger partial charge in [-0.1, -0.05) is 36.4 Å². The Balaban J connectivity index is 2.36. The smallest absolute Gasteiger partial charge is 0.266 e. The van der Waals surface area contributed by atoms with E-state index >= 15 is 0 Å². The van der Waals surface area contributed by atoms with Crippen LogP contribution in [0.5, 0.6) is 0 Å². The Morgan fingerprint density at radius 2 is 1.12 bits per heavy atom. The van der Waals surface area contributed by atoms with Gasteiger partial charge in [-0.2, -0.15) is 8.42 Å². The minimum absolute atomic E-state index is 0.588. The van der Waals surface area contributed by atoms with Crippen LogP contribution in [0.25, 0.3) is 11.1 Å². The fourth-order valence-electron chi connectivity index (χ4n) is 1.93. The van der Waals surface area contributed by atoms with Crippen molar-refractivity contribution in [2.75, 3.05) is 9.44 Å². The van der Waals surface area contributed by atoms with Crippen LogP contribution >= 0.6 is 0 Å². The van der Waals surface area contributed by atoms with Gasteiger partial charge in [0.15, 0.2) is 0 Å². The number of fused-ring (bicyclic) bond motifs is 3. The molecule has 17 heavy (non-hydrogen) atoms. The molecule has 5 heteroatoms. The first-order chi connectivity index (χ1) is 8.16. The highest BCUT2D eigenvalue weighted by atomic mass is 32.2. The molecule has 0 saturated carbocycles. The Hall–Kier alpha value is -2.01. The SMILES string of the molecule is O=S1(=O)Nc2ccccc2-c2ccccc2N1. The molecule has 1 heterocycles. The van der Waals surface area contributed by atoms with Crippen LogP contribution in [0, 0.1) is 0 Å². The van der Waals surface area contributed by atoms with Crippen molar-refractivity contribution in [2.24, 2.45) is 0 Å². The molecule has 3 rings (SSSR count). The summed E-state index contributed by atoms with van der Waals surface area (Å²) in [5, 5.41) is 0. The molecule has 0 spiro atoms. The minimum Gasteiger partial charge on any atom is -0.266 e. The summed E-state index contributed by atoms with van der Waals surface area (Å²) >= 11 is 0. The van der Waals surface area contributed by atoms with E-state index in [2.05, 4.69) is 9.44 Å². The van der Waals surface area contributed by atoms with Crippen LogP contribution in [0.3, 0.4) is 0 Å². The fourth-order valence-corrected chi connectivity index (χ4v) is 2.92. The molecular formula is C12H10N2O2S. The van der Waals surface area contributed by atoms with Gasteiger partial charge in [0.1, 0.15) is 0 Å². The predicted molar refractivity (Wildman–Crippen MR) is 68.0 cm³/mol. The number of benzene rings is 2. The van der Waals surface area contributed by atoms with Crippen LogP contribution in [0.1, 0.15) is 0 Å². The second-order valence-electron chi connectivity index (χ2n) is 3.80. The lowest BCUT2D eigenvalue weighted by atomic mass is 10.0. The molecule has 0 radical (unpaired) electrons. The molecule has 2 aromatic carbocycles. The molecule has 0 aliphatic carbocycles. The molecule has 1 aliphatic rings. The Morgan fingerprint density at radius 1 is 0.706 bits per heavy atom. The first kappa shape index (κ1) is 10.2. The average molecular weight is 246 g/mol. The number of nitrogens with one attached hydrogen (secondary N) is 2. The minimum atomic E-state index is -3.55. The molecule has 4 nitrogen and oxygen atoms in total. The number of hydrogen-bond acceptors (Lipinski definition) is 2. The van der Waals surface area contributed by atoms with E-state index in [1.165, 1.54) is 0 Å². The summed E-state index contributed by atoms with van der Waals surface area (Å²) < 4.78 is 28.6. The van der Waals surface area contributed by atoms with Gasteiger partial charge in [0, 0.05) is 11.1 Å². The molecular weight excluding hydrogens is 236 g/mol. The molecule has 0 unspecified atom stereocenters. The maximum atomic E-state index is 11.8. The highest BCUT2D eigenvalue weighted by molar-refractivity contribution is 7.94. The van der Waals surface area contributed by atoms with E-state index in [-0.39, 0.29) is 0 Å². The number of hydrogen-bond donors (Lipinski definition) is 2. The molecule has 0 fully saturated rings. The lowest BCUT2D eigenvalue weighted by molar-refractivity contribution is 0.606. The van der Waals surface area contributed by atoms with E-state index in [0.717, 1.165) is 11.1 Å². The molecule has 0 aromatic heterocycles. The summed E-state index contributed by atoms with van der Waals surface area (Å²) in [5.41, 5.74) is 2.92. The zero-order valence-corrected chi connectivity index (χ0v) is 9.66. The molecule has 0 atom stereocenters. The first-order valence-electron chi connectivity index (χ1n) is 5.15. The lowest BCUT2D eigenvalue weighted by Gasteiger charge is -2.06. The standard InChI is InChI=1S/C12H10N2O2S/c15-17(16)13-11-7-3-1-5-9(11)10-6-2-4-8-12(10)14-17/h1-8,13-14H. The van der Waals surface area contributed by atoms with E-state index in [9.17, 15) is 8.42 Å². The van der Waals surface area contributed by atoms with E-state index in [0.29, 0.717) is 11.4 Å². The van der Waals surface area contributed by atoms with Gasteiger partial charge in [-0.25, -0.2) is 0 Å².